The van der Waals surface area contributed by atoms with Gasteiger partial charge >= 0.3 is 0 Å². The predicted octanol–water partition coefficient (Wildman–Crippen LogP) is 3.33. The van der Waals surface area contributed by atoms with Gasteiger partial charge in [-0.15, -0.1) is 0 Å². The van der Waals surface area contributed by atoms with E-state index in [9.17, 15) is 4.79 Å². The molecule has 1 aromatic carbocycles. The zero-order chi connectivity index (χ0) is 10.2. The first-order valence-corrected chi connectivity index (χ1v) is 4.95. The van der Waals surface area contributed by atoms with Crippen molar-refractivity contribution in [2.75, 3.05) is 0 Å². The SMILES string of the molecule is O=[C]CCC=CCc1ccc(Cl)cc1. The molecule has 0 aliphatic heterocycles. The van der Waals surface area contributed by atoms with Gasteiger partial charge in [0.2, 0.25) is 0 Å². The first kappa shape index (κ1) is 11.0. The minimum atomic E-state index is 0.483. The number of unbranched alkanes of at least 4 members (excludes halogenated alkanes) is 1. The van der Waals surface area contributed by atoms with E-state index < -0.39 is 0 Å². The van der Waals surface area contributed by atoms with Gasteiger partial charge in [-0.25, -0.2) is 0 Å². The van der Waals surface area contributed by atoms with Crippen LogP contribution < -0.4 is 0 Å². The third-order valence-corrected chi connectivity index (χ3v) is 2.10. The average molecular weight is 208 g/mol. The van der Waals surface area contributed by atoms with Crippen LogP contribution in [-0.4, -0.2) is 6.29 Å². The van der Waals surface area contributed by atoms with Crippen molar-refractivity contribution >= 4 is 17.9 Å². The molecule has 0 bridgehead atoms. The van der Waals surface area contributed by atoms with Gasteiger partial charge in [0, 0.05) is 11.4 Å². The van der Waals surface area contributed by atoms with E-state index in [0.717, 1.165) is 17.9 Å². The zero-order valence-corrected chi connectivity index (χ0v) is 8.63. The van der Waals surface area contributed by atoms with Gasteiger partial charge in [0.05, 0.1) is 0 Å². The Balaban J connectivity index is 2.34. The number of halogens is 1. The van der Waals surface area contributed by atoms with Gasteiger partial charge in [0.1, 0.15) is 0 Å². The van der Waals surface area contributed by atoms with E-state index in [0.29, 0.717) is 6.42 Å². The molecule has 1 aromatic rings. The summed E-state index contributed by atoms with van der Waals surface area (Å²) in [5, 5.41) is 0.758. The Morgan fingerprint density at radius 2 is 1.93 bits per heavy atom. The highest BCUT2D eigenvalue weighted by atomic mass is 35.5. The van der Waals surface area contributed by atoms with Crippen molar-refractivity contribution in [2.24, 2.45) is 0 Å². The molecule has 0 heterocycles. The highest BCUT2D eigenvalue weighted by Crippen LogP contribution is 2.10. The van der Waals surface area contributed by atoms with Gasteiger partial charge in [-0.1, -0.05) is 35.9 Å². The zero-order valence-electron chi connectivity index (χ0n) is 7.87. The van der Waals surface area contributed by atoms with Crippen LogP contribution in [0.15, 0.2) is 36.4 Å². The summed E-state index contributed by atoms with van der Waals surface area (Å²) in [6, 6.07) is 7.75. The monoisotopic (exact) mass is 207 g/mol. The lowest BCUT2D eigenvalue weighted by Crippen LogP contribution is -1.79. The van der Waals surface area contributed by atoms with Crippen LogP contribution in [0.4, 0.5) is 0 Å². The standard InChI is InChI=1S/C12H12ClO/c13-12-8-6-11(7-9-12)5-3-1-2-4-10-14/h1,3,6-9H,2,4-5H2. The van der Waals surface area contributed by atoms with Gasteiger partial charge in [-0.05, 0) is 30.5 Å². The van der Waals surface area contributed by atoms with E-state index in [2.05, 4.69) is 6.08 Å². The number of benzene rings is 1. The molecule has 0 atom stereocenters. The van der Waals surface area contributed by atoms with Crippen LogP contribution in [0, 0.1) is 0 Å². The third kappa shape index (κ3) is 4.24. The minimum Gasteiger partial charge on any atom is -0.291 e. The van der Waals surface area contributed by atoms with Crippen LogP contribution in [-0.2, 0) is 11.2 Å². The number of carbonyl (C=O) groups excluding carboxylic acids is 1. The molecule has 73 valence electrons. The molecule has 1 radical (unpaired) electrons. The highest BCUT2D eigenvalue weighted by Gasteiger charge is 1.89. The van der Waals surface area contributed by atoms with Crippen molar-refractivity contribution in [1.29, 1.82) is 0 Å². The van der Waals surface area contributed by atoms with Crippen molar-refractivity contribution in [3.05, 3.63) is 47.0 Å². The van der Waals surface area contributed by atoms with Crippen molar-refractivity contribution in [3.8, 4) is 0 Å². The van der Waals surface area contributed by atoms with Crippen LogP contribution in [0.25, 0.3) is 0 Å². The summed E-state index contributed by atoms with van der Waals surface area (Å²) in [5.41, 5.74) is 1.22. The molecule has 0 fully saturated rings. The van der Waals surface area contributed by atoms with Crippen molar-refractivity contribution < 1.29 is 4.79 Å². The molecule has 2 heteroatoms. The Morgan fingerprint density at radius 3 is 2.57 bits per heavy atom. The fourth-order valence-electron chi connectivity index (χ4n) is 1.10. The second-order valence-corrected chi connectivity index (χ2v) is 3.42. The summed E-state index contributed by atoms with van der Waals surface area (Å²) in [7, 11) is 0. The lowest BCUT2D eigenvalue weighted by Gasteiger charge is -1.95. The first-order valence-electron chi connectivity index (χ1n) is 4.57. The summed E-state index contributed by atoms with van der Waals surface area (Å²) < 4.78 is 0. The summed E-state index contributed by atoms with van der Waals surface area (Å²) in [4.78, 5) is 9.90. The van der Waals surface area contributed by atoms with Gasteiger partial charge in [0.25, 0.3) is 0 Å². The van der Waals surface area contributed by atoms with Gasteiger partial charge in [0.15, 0.2) is 6.29 Å². The molecule has 0 saturated heterocycles. The third-order valence-electron chi connectivity index (χ3n) is 1.85. The summed E-state index contributed by atoms with van der Waals surface area (Å²) in [5.74, 6) is 0. The number of rotatable bonds is 5. The number of hydrogen-bond acceptors (Lipinski definition) is 1. The molecular weight excluding hydrogens is 196 g/mol. The van der Waals surface area contributed by atoms with Gasteiger partial charge < -0.3 is 0 Å². The predicted molar refractivity (Wildman–Crippen MR) is 59.2 cm³/mol. The maximum Gasteiger partial charge on any atom is 0.198 e. The van der Waals surface area contributed by atoms with Crippen molar-refractivity contribution in [1.82, 2.24) is 0 Å². The maximum atomic E-state index is 9.90. The van der Waals surface area contributed by atoms with Crippen LogP contribution in [0.2, 0.25) is 5.02 Å². The quantitative estimate of drug-likeness (QED) is 0.535. The Kier molecular flexibility index (Phi) is 5.02. The smallest absolute Gasteiger partial charge is 0.198 e. The molecule has 0 aromatic heterocycles. The van der Waals surface area contributed by atoms with Gasteiger partial charge in [-0.2, -0.15) is 0 Å². The Hall–Kier alpha value is -1.08. The fraction of sp³-hybridized carbons (Fsp3) is 0.250. The highest BCUT2D eigenvalue weighted by molar-refractivity contribution is 6.30. The van der Waals surface area contributed by atoms with E-state index in [1.165, 1.54) is 5.56 Å². The van der Waals surface area contributed by atoms with Crippen molar-refractivity contribution in [3.63, 3.8) is 0 Å². The van der Waals surface area contributed by atoms with Crippen LogP contribution in [0.1, 0.15) is 18.4 Å². The fourth-order valence-corrected chi connectivity index (χ4v) is 1.23. The normalized spacial score (nSPS) is 10.6. The Morgan fingerprint density at radius 1 is 1.21 bits per heavy atom. The molecular formula is C12H12ClO. The lowest BCUT2D eigenvalue weighted by atomic mass is 10.1. The summed E-state index contributed by atoms with van der Waals surface area (Å²) in [6.45, 7) is 0. The van der Waals surface area contributed by atoms with Crippen LogP contribution in [0.5, 0.6) is 0 Å². The maximum absolute atomic E-state index is 9.90. The summed E-state index contributed by atoms with van der Waals surface area (Å²) >= 11 is 5.75. The van der Waals surface area contributed by atoms with Gasteiger partial charge in [-0.3, -0.25) is 4.79 Å². The van der Waals surface area contributed by atoms with Crippen LogP contribution >= 0.6 is 11.6 Å². The molecule has 1 rings (SSSR count). The van der Waals surface area contributed by atoms with Crippen LogP contribution in [0.3, 0.4) is 0 Å². The second kappa shape index (κ2) is 6.39. The van der Waals surface area contributed by atoms with E-state index in [-0.39, 0.29) is 0 Å². The van der Waals surface area contributed by atoms with E-state index in [1.807, 2.05) is 36.6 Å². The van der Waals surface area contributed by atoms with E-state index in [1.54, 1.807) is 0 Å². The molecule has 0 spiro atoms. The molecule has 0 unspecified atom stereocenters. The average Bonchev–Trinajstić information content (AvgIpc) is 2.21. The summed E-state index contributed by atoms with van der Waals surface area (Å²) in [6.07, 6.45) is 8.05. The molecule has 0 aliphatic rings. The molecule has 14 heavy (non-hydrogen) atoms. The van der Waals surface area contributed by atoms with E-state index >= 15 is 0 Å². The second-order valence-electron chi connectivity index (χ2n) is 2.99. The van der Waals surface area contributed by atoms with Crippen molar-refractivity contribution in [2.45, 2.75) is 19.3 Å². The Labute approximate surface area is 89.4 Å². The molecule has 0 N–H and O–H groups in total. The minimum absolute atomic E-state index is 0.483. The molecule has 0 saturated carbocycles. The van der Waals surface area contributed by atoms with E-state index in [4.69, 9.17) is 11.6 Å². The molecule has 0 aliphatic carbocycles. The lowest BCUT2D eigenvalue weighted by molar-refractivity contribution is 0.552. The topological polar surface area (TPSA) is 17.1 Å². The molecule has 1 nitrogen and oxygen atoms in total. The largest absolute Gasteiger partial charge is 0.291 e. The number of hydrogen-bond donors (Lipinski definition) is 0. The first-order chi connectivity index (χ1) is 6.83. The number of allylic oxidation sites excluding steroid dienone is 2. The molecule has 0 amide bonds. The Bertz CT molecular complexity index is 301.